The van der Waals surface area contributed by atoms with E-state index in [2.05, 4.69) is 25.2 Å². The highest BCUT2D eigenvalue weighted by Gasteiger charge is 2.38. The average Bonchev–Trinajstić information content (AvgIpc) is 3.04. The van der Waals surface area contributed by atoms with Crippen LogP contribution in [0.3, 0.4) is 0 Å². The van der Waals surface area contributed by atoms with Crippen molar-refractivity contribution in [3.05, 3.63) is 71.9 Å². The first-order valence-electron chi connectivity index (χ1n) is 11.6. The lowest BCUT2D eigenvalue weighted by atomic mass is 9.83. The minimum Gasteiger partial charge on any atom is -0.457 e. The maximum Gasteiger partial charge on any atom is 0.321 e. The molecule has 34 heavy (non-hydrogen) atoms. The second kappa shape index (κ2) is 9.71. The van der Waals surface area contributed by atoms with Crippen LogP contribution in [-0.2, 0) is 19.7 Å². The number of hydrogen-bond acceptors (Lipinski definition) is 5. The van der Waals surface area contributed by atoms with Gasteiger partial charge in [0.1, 0.15) is 0 Å². The van der Waals surface area contributed by atoms with Gasteiger partial charge in [0.2, 0.25) is 0 Å². The largest absolute Gasteiger partial charge is 0.457 e. The van der Waals surface area contributed by atoms with Crippen LogP contribution in [0.4, 0.5) is 16.2 Å². The van der Waals surface area contributed by atoms with E-state index in [0.29, 0.717) is 25.9 Å². The third kappa shape index (κ3) is 4.83. The second-order valence-electron chi connectivity index (χ2n) is 9.36. The molecule has 0 atom stereocenters. The van der Waals surface area contributed by atoms with E-state index in [1.807, 2.05) is 60.5 Å². The number of nitrogens with zero attached hydrogens (tertiary/aromatic N) is 2. The number of likely N-dealkylation sites (tertiary alicyclic amines) is 1. The number of fused-ring (bicyclic) bond motifs is 1. The van der Waals surface area contributed by atoms with Crippen molar-refractivity contribution >= 4 is 29.2 Å². The molecule has 2 aliphatic rings. The van der Waals surface area contributed by atoms with Crippen LogP contribution in [0.25, 0.3) is 0 Å². The van der Waals surface area contributed by atoms with Gasteiger partial charge in [0.05, 0.1) is 5.92 Å². The van der Waals surface area contributed by atoms with Crippen molar-refractivity contribution in [2.75, 3.05) is 37.0 Å². The van der Waals surface area contributed by atoms with Crippen LogP contribution < -0.4 is 10.2 Å². The molecule has 0 aliphatic carbocycles. The fourth-order valence-corrected chi connectivity index (χ4v) is 4.76. The first-order valence-corrected chi connectivity index (χ1v) is 11.6. The van der Waals surface area contributed by atoms with Crippen molar-refractivity contribution in [2.45, 2.75) is 32.1 Å². The number of benzene rings is 2. The van der Waals surface area contributed by atoms with Gasteiger partial charge < -0.3 is 19.9 Å². The van der Waals surface area contributed by atoms with E-state index in [4.69, 9.17) is 4.74 Å². The molecule has 4 rings (SSSR count). The molecule has 0 unspecified atom stereocenters. The van der Waals surface area contributed by atoms with Gasteiger partial charge in [-0.15, -0.1) is 0 Å². The monoisotopic (exact) mass is 461 g/mol. The second-order valence-corrected chi connectivity index (χ2v) is 9.36. The summed E-state index contributed by atoms with van der Waals surface area (Å²) >= 11 is 0. The van der Waals surface area contributed by atoms with Crippen LogP contribution in [0, 0.1) is 5.92 Å². The van der Waals surface area contributed by atoms with Crippen molar-refractivity contribution in [3.63, 3.8) is 0 Å². The highest BCUT2D eigenvalue weighted by Crippen LogP contribution is 2.46. The fourth-order valence-electron chi connectivity index (χ4n) is 4.76. The predicted molar refractivity (Wildman–Crippen MR) is 132 cm³/mol. The summed E-state index contributed by atoms with van der Waals surface area (Å²) in [5, 5.41) is 2.86. The van der Waals surface area contributed by atoms with Gasteiger partial charge in [0.25, 0.3) is 0 Å². The number of ether oxygens (including phenoxy) is 1. The third-order valence-electron chi connectivity index (χ3n) is 6.74. The van der Waals surface area contributed by atoms with Crippen LogP contribution in [-0.4, -0.2) is 49.4 Å². The number of carbonyl (C=O) groups excluding carboxylic acids is 3. The average molecular weight is 462 g/mol. The zero-order valence-corrected chi connectivity index (χ0v) is 19.9. The predicted octanol–water partition coefficient (Wildman–Crippen LogP) is 4.35. The number of ketones is 1. The summed E-state index contributed by atoms with van der Waals surface area (Å²) in [5.74, 6) is -0.927. The third-order valence-corrected chi connectivity index (χ3v) is 6.74. The number of amides is 2. The standard InChI is InChI=1S/C27H31N3O4/c1-27(2)22-11-7-8-12-23(22)29(3)24(27)17-21(31)18-34-25(32)19-13-15-30(16-14-19)26(33)28-20-9-5-4-6-10-20/h4-12,17,19H,13-16,18H2,1-3H3,(H,28,33)/b24-17-. The molecule has 0 spiro atoms. The summed E-state index contributed by atoms with van der Waals surface area (Å²) in [6.45, 7) is 4.82. The van der Waals surface area contributed by atoms with Crippen LogP contribution in [0.1, 0.15) is 32.3 Å². The molecule has 1 fully saturated rings. The summed E-state index contributed by atoms with van der Waals surface area (Å²) in [6.07, 6.45) is 2.62. The van der Waals surface area contributed by atoms with Crippen molar-refractivity contribution in [1.82, 2.24) is 4.90 Å². The number of rotatable bonds is 5. The van der Waals surface area contributed by atoms with Gasteiger partial charge in [0, 0.05) is 48.7 Å². The lowest BCUT2D eigenvalue weighted by Crippen LogP contribution is -2.42. The van der Waals surface area contributed by atoms with E-state index in [1.54, 1.807) is 11.0 Å². The van der Waals surface area contributed by atoms with Gasteiger partial charge in [-0.1, -0.05) is 50.2 Å². The van der Waals surface area contributed by atoms with E-state index in [0.717, 1.165) is 22.6 Å². The Bertz CT molecular complexity index is 1100. The molecule has 0 radical (unpaired) electrons. The summed E-state index contributed by atoms with van der Waals surface area (Å²) in [5.41, 5.74) is 3.55. The molecule has 1 saturated heterocycles. The van der Waals surface area contributed by atoms with Gasteiger partial charge in [-0.3, -0.25) is 9.59 Å². The number of esters is 1. The number of allylic oxidation sites excluding steroid dienone is 1. The quantitative estimate of drug-likeness (QED) is 0.529. The normalized spacial score (nSPS) is 18.5. The summed E-state index contributed by atoms with van der Waals surface area (Å²) in [6, 6.07) is 17.2. The lowest BCUT2D eigenvalue weighted by Gasteiger charge is -2.30. The molecular weight excluding hydrogens is 430 g/mol. The zero-order valence-electron chi connectivity index (χ0n) is 19.9. The molecule has 0 aromatic heterocycles. The summed E-state index contributed by atoms with van der Waals surface area (Å²) in [7, 11) is 1.94. The maximum atomic E-state index is 12.6. The summed E-state index contributed by atoms with van der Waals surface area (Å²) < 4.78 is 5.35. The zero-order chi connectivity index (χ0) is 24.3. The van der Waals surface area contributed by atoms with Gasteiger partial charge in [-0.25, -0.2) is 4.79 Å². The van der Waals surface area contributed by atoms with Crippen molar-refractivity contribution < 1.29 is 19.1 Å². The molecule has 0 bridgehead atoms. The SMILES string of the molecule is CN1/C(=C\C(=O)COC(=O)C2CCN(C(=O)Nc3ccccc3)CC2)C(C)(C)c2ccccc21. The van der Waals surface area contributed by atoms with Gasteiger partial charge in [-0.05, 0) is 36.6 Å². The molecule has 2 amide bonds. The number of nitrogens with one attached hydrogen (secondary N) is 1. The maximum absolute atomic E-state index is 12.6. The Labute approximate surface area is 200 Å². The van der Waals surface area contributed by atoms with Gasteiger partial charge in [-0.2, -0.15) is 0 Å². The molecule has 2 aromatic carbocycles. The molecule has 0 saturated carbocycles. The number of carbonyl (C=O) groups is 3. The topological polar surface area (TPSA) is 79.0 Å². The van der Waals surface area contributed by atoms with Crippen molar-refractivity contribution in [3.8, 4) is 0 Å². The first kappa shape index (κ1) is 23.5. The number of urea groups is 1. The lowest BCUT2D eigenvalue weighted by molar-refractivity contribution is -0.152. The molecule has 2 heterocycles. The Kier molecular flexibility index (Phi) is 6.72. The van der Waals surface area contributed by atoms with E-state index in [9.17, 15) is 14.4 Å². The number of hydrogen-bond donors (Lipinski definition) is 1. The Morgan fingerprint density at radius 1 is 1.03 bits per heavy atom. The van der Waals surface area contributed by atoms with E-state index in [-0.39, 0.29) is 35.7 Å². The first-order chi connectivity index (χ1) is 16.3. The Balaban J connectivity index is 1.27. The number of anilines is 2. The highest BCUT2D eigenvalue weighted by atomic mass is 16.5. The van der Waals surface area contributed by atoms with E-state index < -0.39 is 0 Å². The molecule has 7 nitrogen and oxygen atoms in total. The minimum absolute atomic E-state index is 0.177. The van der Waals surface area contributed by atoms with Crippen molar-refractivity contribution in [2.24, 2.45) is 5.92 Å². The Hall–Kier alpha value is -3.61. The van der Waals surface area contributed by atoms with Crippen LogP contribution in [0.2, 0.25) is 0 Å². The fraction of sp³-hybridized carbons (Fsp3) is 0.370. The van der Waals surface area contributed by atoms with Gasteiger partial charge in [0.15, 0.2) is 12.4 Å². The number of piperidine rings is 1. The Morgan fingerprint density at radius 3 is 2.35 bits per heavy atom. The molecule has 7 heteroatoms. The molecular formula is C27H31N3O4. The molecule has 1 N–H and O–H groups in total. The number of para-hydroxylation sites is 2. The molecule has 2 aromatic rings. The summed E-state index contributed by atoms with van der Waals surface area (Å²) in [4.78, 5) is 41.3. The van der Waals surface area contributed by atoms with Crippen molar-refractivity contribution in [1.29, 1.82) is 0 Å². The molecule has 178 valence electrons. The Morgan fingerprint density at radius 2 is 1.68 bits per heavy atom. The smallest absolute Gasteiger partial charge is 0.321 e. The van der Waals surface area contributed by atoms with Gasteiger partial charge >= 0.3 is 12.0 Å². The van der Waals surface area contributed by atoms with Crippen LogP contribution >= 0.6 is 0 Å². The van der Waals surface area contributed by atoms with Crippen LogP contribution in [0.5, 0.6) is 0 Å². The highest BCUT2D eigenvalue weighted by molar-refractivity contribution is 5.94. The molecule has 2 aliphatic heterocycles. The minimum atomic E-state index is -0.378. The van der Waals surface area contributed by atoms with Crippen LogP contribution in [0.15, 0.2) is 66.4 Å². The van der Waals surface area contributed by atoms with E-state index in [1.165, 1.54) is 0 Å². The number of likely N-dealkylation sites (N-methyl/N-ethyl adjacent to an activating group) is 1. The van der Waals surface area contributed by atoms with E-state index >= 15 is 0 Å².